The molecule has 1 aliphatic rings. The van der Waals surface area contributed by atoms with Gasteiger partial charge in [0.15, 0.2) is 0 Å². The molecule has 1 atom stereocenters. The van der Waals surface area contributed by atoms with Gasteiger partial charge in [-0.05, 0) is 0 Å². The van der Waals surface area contributed by atoms with E-state index in [1.165, 1.54) is 17.8 Å². The number of pyridine rings is 1. The molecule has 1 amide bonds. The van der Waals surface area contributed by atoms with Gasteiger partial charge in [-0.2, -0.15) is 0 Å². The van der Waals surface area contributed by atoms with Gasteiger partial charge in [-0.15, -0.1) is 0 Å². The molecule has 1 unspecified atom stereocenters. The van der Waals surface area contributed by atoms with Crippen molar-refractivity contribution in [2.45, 2.75) is 68.0 Å². The zero-order chi connectivity index (χ0) is 23.3. The standard InChI is InChI=1S/C25H34AsFN2O3/c1-25(2,3)32-24(30)29(4)22-9-7-20(8-10-22)26-14-18-12-17(6-11-23(18)31-5)19-13-21(27)16-28-15-19/h6,11-13,15-16,20,22,26H,7-10,14H2,1-5H3. The molecule has 3 rings (SSSR count). The quantitative estimate of drug-likeness (QED) is 0.493. The minimum absolute atomic E-state index is 0.223. The molecule has 0 N–H and O–H groups in total. The van der Waals surface area contributed by atoms with Crippen LogP contribution in [0.3, 0.4) is 0 Å². The summed E-state index contributed by atoms with van der Waals surface area (Å²) in [5.41, 5.74) is 2.45. The van der Waals surface area contributed by atoms with E-state index in [2.05, 4.69) is 11.1 Å². The van der Waals surface area contributed by atoms with Gasteiger partial charge in [0.25, 0.3) is 0 Å². The third-order valence-corrected chi connectivity index (χ3v) is 9.48. The predicted octanol–water partition coefficient (Wildman–Crippen LogP) is 5.43. The molecule has 5 nitrogen and oxygen atoms in total. The normalized spacial score (nSPS) is 19.2. The van der Waals surface area contributed by atoms with Gasteiger partial charge < -0.3 is 0 Å². The number of amides is 1. The Hall–Kier alpha value is -2.07. The van der Waals surface area contributed by atoms with Crippen LogP contribution in [0.2, 0.25) is 4.71 Å². The number of carbonyl (C=O) groups is 1. The van der Waals surface area contributed by atoms with Crippen LogP contribution in [-0.4, -0.2) is 57.5 Å². The van der Waals surface area contributed by atoms with Gasteiger partial charge in [0, 0.05) is 0 Å². The van der Waals surface area contributed by atoms with Gasteiger partial charge in [-0.25, -0.2) is 0 Å². The minimum atomic E-state index is -0.468. The number of rotatable bonds is 6. The van der Waals surface area contributed by atoms with Crippen molar-refractivity contribution in [1.82, 2.24) is 9.88 Å². The maximum atomic E-state index is 13.6. The molecule has 1 aromatic heterocycles. The van der Waals surface area contributed by atoms with Gasteiger partial charge in [-0.3, -0.25) is 0 Å². The van der Waals surface area contributed by atoms with E-state index in [0.717, 1.165) is 52.5 Å². The third-order valence-electron chi connectivity index (χ3n) is 5.83. The number of aromatic nitrogens is 1. The molecule has 0 radical (unpaired) electrons. The second-order valence-corrected chi connectivity index (χ2v) is 12.7. The first-order chi connectivity index (χ1) is 15.2. The molecule has 2 aromatic rings. The number of hydrogen-bond donors (Lipinski definition) is 0. The predicted molar refractivity (Wildman–Crippen MR) is 127 cm³/mol. The van der Waals surface area contributed by atoms with Gasteiger partial charge >= 0.3 is 197 Å². The fraction of sp³-hybridized carbons (Fsp3) is 0.520. The van der Waals surface area contributed by atoms with Crippen LogP contribution < -0.4 is 4.74 Å². The van der Waals surface area contributed by atoms with Crippen molar-refractivity contribution >= 4 is 21.8 Å². The molecule has 1 heterocycles. The van der Waals surface area contributed by atoms with Crippen molar-refractivity contribution in [2.24, 2.45) is 0 Å². The van der Waals surface area contributed by atoms with Crippen LogP contribution in [-0.2, 0) is 9.95 Å². The molecule has 1 aromatic carbocycles. The molecule has 174 valence electrons. The van der Waals surface area contributed by atoms with Gasteiger partial charge in [0.05, 0.1) is 0 Å². The molecule has 0 saturated heterocycles. The molecule has 7 heteroatoms. The number of hydrogen-bond acceptors (Lipinski definition) is 4. The summed E-state index contributed by atoms with van der Waals surface area (Å²) in [7, 11) is 3.55. The zero-order valence-electron chi connectivity index (χ0n) is 19.7. The van der Waals surface area contributed by atoms with E-state index in [1.54, 1.807) is 18.2 Å². The Balaban J connectivity index is 1.57. The van der Waals surface area contributed by atoms with Gasteiger partial charge in [0.1, 0.15) is 0 Å². The van der Waals surface area contributed by atoms with Crippen LogP contribution in [0.1, 0.15) is 52.0 Å². The molecule has 0 aliphatic heterocycles. The maximum absolute atomic E-state index is 13.6. The summed E-state index contributed by atoms with van der Waals surface area (Å²) < 4.78 is 25.4. The molecular formula is C25H34AsFN2O3. The van der Waals surface area contributed by atoms with E-state index in [-0.39, 0.29) is 33.7 Å². The Morgan fingerprint density at radius 2 is 1.88 bits per heavy atom. The van der Waals surface area contributed by atoms with Crippen LogP contribution in [0.15, 0.2) is 36.7 Å². The van der Waals surface area contributed by atoms with E-state index >= 15 is 0 Å². The fourth-order valence-electron chi connectivity index (χ4n) is 4.07. The summed E-state index contributed by atoms with van der Waals surface area (Å²) in [6, 6.07) is 7.80. The third kappa shape index (κ3) is 6.71. The molecule has 0 spiro atoms. The first-order valence-corrected chi connectivity index (χ1v) is 13.8. The summed E-state index contributed by atoms with van der Waals surface area (Å²) in [5, 5.41) is 1.02. The molecule has 1 saturated carbocycles. The van der Waals surface area contributed by atoms with E-state index in [0.29, 0.717) is 0 Å². The molecule has 0 bridgehead atoms. The fourth-order valence-corrected chi connectivity index (χ4v) is 7.27. The Bertz CT molecular complexity index is 924. The molecule has 32 heavy (non-hydrogen) atoms. The van der Waals surface area contributed by atoms with Crippen LogP contribution in [0, 0.1) is 5.82 Å². The summed E-state index contributed by atoms with van der Waals surface area (Å²) >= 11 is -0.223. The Morgan fingerprint density at radius 3 is 2.50 bits per heavy atom. The summed E-state index contributed by atoms with van der Waals surface area (Å²) in [4.78, 5) is 18.1. The first-order valence-electron chi connectivity index (χ1n) is 11.1. The molecular weight excluding hydrogens is 470 g/mol. The summed E-state index contributed by atoms with van der Waals surface area (Å²) in [6.45, 7) is 5.69. The van der Waals surface area contributed by atoms with Crippen molar-refractivity contribution < 1.29 is 18.7 Å². The van der Waals surface area contributed by atoms with E-state index in [4.69, 9.17) is 9.47 Å². The first kappa shape index (κ1) is 24.6. The number of nitrogens with zero attached hydrogens (tertiary/aromatic N) is 2. The SMILES string of the molecule is COc1ccc(-c2cncc(F)c2)cc1C[AsH]C1CCC(N(C)C(=O)OC(C)(C)C)CC1. The molecule has 1 fully saturated rings. The van der Waals surface area contributed by atoms with Gasteiger partial charge in [-0.1, -0.05) is 0 Å². The Kier molecular flexibility index (Phi) is 8.21. The van der Waals surface area contributed by atoms with E-state index in [9.17, 15) is 9.18 Å². The van der Waals surface area contributed by atoms with Crippen molar-refractivity contribution in [3.05, 3.63) is 48.0 Å². The summed E-state index contributed by atoms with van der Waals surface area (Å²) in [5.74, 6) is 0.557. The number of carbonyl (C=O) groups excluding carboxylic acids is 1. The van der Waals surface area contributed by atoms with Crippen LogP contribution >= 0.6 is 0 Å². The van der Waals surface area contributed by atoms with E-state index in [1.807, 2.05) is 40.0 Å². The van der Waals surface area contributed by atoms with Crippen LogP contribution in [0.4, 0.5) is 9.18 Å². The average Bonchev–Trinajstić information content (AvgIpc) is 2.76. The topological polar surface area (TPSA) is 51.7 Å². The van der Waals surface area contributed by atoms with Crippen molar-refractivity contribution in [3.8, 4) is 16.9 Å². The second kappa shape index (κ2) is 10.7. The zero-order valence-corrected chi connectivity index (χ0v) is 21.7. The average molecular weight is 504 g/mol. The number of methoxy groups -OCH3 is 1. The summed E-state index contributed by atoms with van der Waals surface area (Å²) in [6.07, 6.45) is 7.02. The second-order valence-electron chi connectivity index (χ2n) is 9.40. The number of halogens is 1. The van der Waals surface area contributed by atoms with Crippen molar-refractivity contribution in [1.29, 1.82) is 0 Å². The Labute approximate surface area is 197 Å². The molecule has 1 aliphatic carbocycles. The van der Waals surface area contributed by atoms with Crippen molar-refractivity contribution in [3.63, 3.8) is 0 Å². The number of benzene rings is 1. The van der Waals surface area contributed by atoms with E-state index < -0.39 is 5.60 Å². The van der Waals surface area contributed by atoms with Gasteiger partial charge in [0.2, 0.25) is 0 Å². The van der Waals surface area contributed by atoms with Crippen LogP contribution in [0.5, 0.6) is 5.75 Å². The van der Waals surface area contributed by atoms with Crippen LogP contribution in [0.25, 0.3) is 11.1 Å². The monoisotopic (exact) mass is 504 g/mol. The van der Waals surface area contributed by atoms with Crippen molar-refractivity contribution in [2.75, 3.05) is 14.2 Å². The Morgan fingerprint density at radius 1 is 1.16 bits per heavy atom. The number of ether oxygens (including phenoxy) is 2.